The zero-order chi connectivity index (χ0) is 23.7. The third-order valence-corrected chi connectivity index (χ3v) is 6.93. The highest BCUT2D eigenvalue weighted by molar-refractivity contribution is 6.32. The van der Waals surface area contributed by atoms with Crippen LogP contribution in [0.3, 0.4) is 0 Å². The maximum atomic E-state index is 13.2. The first-order chi connectivity index (χ1) is 16.5. The molecule has 2 aliphatic rings. The fraction of sp³-hybridized carbons (Fsp3) is 0.333. The molecule has 1 saturated heterocycles. The summed E-state index contributed by atoms with van der Waals surface area (Å²) in [5.74, 6) is 0.618. The molecule has 5 rings (SSSR count). The number of piperazine rings is 1. The number of aromatic nitrogens is 1. The van der Waals surface area contributed by atoms with E-state index in [2.05, 4.69) is 40.2 Å². The molecule has 0 bridgehead atoms. The number of pyridine rings is 1. The number of fused-ring (bicyclic) bond motifs is 3. The second kappa shape index (κ2) is 9.74. The highest BCUT2D eigenvalue weighted by Gasteiger charge is 2.35. The number of likely N-dealkylation sites (N-methyl/N-ethyl adjacent to an activating group) is 1. The van der Waals surface area contributed by atoms with Crippen molar-refractivity contribution >= 4 is 17.5 Å². The molecular formula is C27H29ClN4O2. The van der Waals surface area contributed by atoms with Crippen molar-refractivity contribution in [2.24, 2.45) is 0 Å². The number of carbonyl (C=O) groups is 1. The molecule has 0 spiro atoms. The van der Waals surface area contributed by atoms with Crippen LogP contribution in [0.2, 0.25) is 5.02 Å². The minimum Gasteiger partial charge on any atom is -0.491 e. The Morgan fingerprint density at radius 1 is 1.06 bits per heavy atom. The molecule has 7 heteroatoms. The van der Waals surface area contributed by atoms with Gasteiger partial charge in [-0.1, -0.05) is 35.9 Å². The van der Waals surface area contributed by atoms with E-state index in [0.29, 0.717) is 36.0 Å². The minimum absolute atomic E-state index is 0.00952. The minimum atomic E-state index is 0.00952. The Labute approximate surface area is 205 Å². The fourth-order valence-electron chi connectivity index (χ4n) is 4.87. The molecular weight excluding hydrogens is 448 g/mol. The molecule has 2 heterocycles. The molecule has 3 aromatic rings. The molecule has 1 aromatic heterocycles. The Kier molecular flexibility index (Phi) is 6.55. The predicted octanol–water partition coefficient (Wildman–Crippen LogP) is 4.20. The summed E-state index contributed by atoms with van der Waals surface area (Å²) in [6.07, 6.45) is 3.85. The van der Waals surface area contributed by atoms with Gasteiger partial charge in [-0.15, -0.1) is 0 Å². The summed E-state index contributed by atoms with van der Waals surface area (Å²) in [6, 6.07) is 16.2. The number of carbonyl (C=O) groups excluding carboxylic acids is 1. The Bertz CT molecular complexity index is 1150. The number of benzene rings is 2. The molecule has 1 atom stereocenters. The van der Waals surface area contributed by atoms with E-state index < -0.39 is 0 Å². The number of ether oxygens (including phenoxy) is 1. The lowest BCUT2D eigenvalue weighted by Crippen LogP contribution is -2.49. The summed E-state index contributed by atoms with van der Waals surface area (Å²) in [5.41, 5.74) is 5.71. The van der Waals surface area contributed by atoms with E-state index in [1.807, 2.05) is 36.3 Å². The summed E-state index contributed by atoms with van der Waals surface area (Å²) < 4.78 is 5.75. The molecule has 1 fully saturated rings. The van der Waals surface area contributed by atoms with Crippen molar-refractivity contribution in [3.05, 3.63) is 82.6 Å². The van der Waals surface area contributed by atoms with E-state index >= 15 is 0 Å². The number of hydrogen-bond donors (Lipinski definition) is 0. The van der Waals surface area contributed by atoms with Crippen molar-refractivity contribution in [2.75, 3.05) is 53.4 Å². The van der Waals surface area contributed by atoms with Crippen LogP contribution < -0.4 is 4.74 Å². The quantitative estimate of drug-likeness (QED) is 0.533. The van der Waals surface area contributed by atoms with Crippen molar-refractivity contribution in [3.8, 4) is 16.9 Å². The predicted molar refractivity (Wildman–Crippen MR) is 134 cm³/mol. The zero-order valence-electron chi connectivity index (χ0n) is 19.6. The molecule has 1 unspecified atom stereocenters. The topological polar surface area (TPSA) is 48.9 Å². The van der Waals surface area contributed by atoms with Crippen LogP contribution in [0.1, 0.15) is 27.5 Å². The second-order valence-corrected chi connectivity index (χ2v) is 9.49. The summed E-state index contributed by atoms with van der Waals surface area (Å²) in [4.78, 5) is 24.0. The zero-order valence-corrected chi connectivity index (χ0v) is 20.3. The van der Waals surface area contributed by atoms with E-state index in [1.165, 1.54) is 22.3 Å². The van der Waals surface area contributed by atoms with Gasteiger partial charge in [0.2, 0.25) is 0 Å². The van der Waals surface area contributed by atoms with Crippen LogP contribution in [0.5, 0.6) is 5.75 Å². The third-order valence-electron chi connectivity index (χ3n) is 6.63. The Morgan fingerprint density at radius 2 is 1.82 bits per heavy atom. The van der Waals surface area contributed by atoms with E-state index in [9.17, 15) is 4.79 Å². The van der Waals surface area contributed by atoms with E-state index in [1.54, 1.807) is 18.2 Å². The standard InChI is InChI=1S/C27H29ClN4O2/c1-30(2)15-16-34-25-8-7-19(17-24(25)28)27(33)32-13-11-31(12-14-32)26-22-6-4-3-5-20(22)21-9-10-29-18-23(21)26/h3-10,17-18,26H,11-16H2,1-2H3. The van der Waals surface area contributed by atoms with Gasteiger partial charge in [-0.2, -0.15) is 0 Å². The number of halogens is 1. The first-order valence-electron chi connectivity index (χ1n) is 11.7. The van der Waals surface area contributed by atoms with Crippen molar-refractivity contribution in [1.29, 1.82) is 0 Å². The van der Waals surface area contributed by atoms with Gasteiger partial charge in [0.05, 0.1) is 11.1 Å². The van der Waals surface area contributed by atoms with Crippen LogP contribution in [-0.4, -0.2) is 79.0 Å². The van der Waals surface area contributed by atoms with Gasteiger partial charge in [-0.05, 0) is 60.6 Å². The summed E-state index contributed by atoms with van der Waals surface area (Å²) >= 11 is 6.41. The lowest BCUT2D eigenvalue weighted by Gasteiger charge is -2.38. The van der Waals surface area contributed by atoms with Gasteiger partial charge in [-0.3, -0.25) is 14.7 Å². The number of hydrogen-bond acceptors (Lipinski definition) is 5. The third kappa shape index (κ3) is 4.41. The maximum absolute atomic E-state index is 13.2. The Morgan fingerprint density at radius 3 is 2.59 bits per heavy atom. The second-order valence-electron chi connectivity index (χ2n) is 9.08. The molecule has 2 aromatic carbocycles. The lowest BCUT2D eigenvalue weighted by atomic mass is 10.0. The van der Waals surface area contributed by atoms with Gasteiger partial charge in [0.1, 0.15) is 12.4 Å². The smallest absolute Gasteiger partial charge is 0.253 e. The van der Waals surface area contributed by atoms with Crippen LogP contribution in [0.15, 0.2) is 60.9 Å². The fourth-order valence-corrected chi connectivity index (χ4v) is 5.10. The van der Waals surface area contributed by atoms with Crippen LogP contribution >= 0.6 is 11.6 Å². The largest absolute Gasteiger partial charge is 0.491 e. The highest BCUT2D eigenvalue weighted by Crippen LogP contribution is 2.46. The average Bonchev–Trinajstić information content (AvgIpc) is 3.19. The number of nitrogens with zero attached hydrogens (tertiary/aromatic N) is 4. The van der Waals surface area contributed by atoms with Crippen molar-refractivity contribution < 1.29 is 9.53 Å². The van der Waals surface area contributed by atoms with Gasteiger partial charge < -0.3 is 14.5 Å². The SMILES string of the molecule is CN(C)CCOc1ccc(C(=O)N2CCN(C3c4ccccc4-c4ccncc43)CC2)cc1Cl. The molecule has 1 aliphatic heterocycles. The maximum Gasteiger partial charge on any atom is 0.253 e. The molecule has 0 radical (unpaired) electrons. The monoisotopic (exact) mass is 476 g/mol. The van der Waals surface area contributed by atoms with Gasteiger partial charge >= 0.3 is 0 Å². The van der Waals surface area contributed by atoms with Gasteiger partial charge in [-0.25, -0.2) is 0 Å². The highest BCUT2D eigenvalue weighted by atomic mass is 35.5. The first kappa shape index (κ1) is 22.8. The van der Waals surface area contributed by atoms with Crippen LogP contribution in [-0.2, 0) is 0 Å². The van der Waals surface area contributed by atoms with Crippen molar-refractivity contribution in [1.82, 2.24) is 19.7 Å². The molecule has 0 N–H and O–H groups in total. The van der Waals surface area contributed by atoms with Crippen molar-refractivity contribution in [2.45, 2.75) is 6.04 Å². The van der Waals surface area contributed by atoms with E-state index in [-0.39, 0.29) is 11.9 Å². The normalized spacial score (nSPS) is 17.5. The molecule has 176 valence electrons. The van der Waals surface area contributed by atoms with E-state index in [0.717, 1.165) is 19.6 Å². The molecule has 1 amide bonds. The number of amides is 1. The summed E-state index contributed by atoms with van der Waals surface area (Å²) in [7, 11) is 3.99. The first-order valence-corrected chi connectivity index (χ1v) is 12.0. The average molecular weight is 477 g/mol. The molecule has 1 aliphatic carbocycles. The summed E-state index contributed by atoms with van der Waals surface area (Å²) in [5, 5.41) is 0.468. The van der Waals surface area contributed by atoms with Gasteiger partial charge in [0.25, 0.3) is 5.91 Å². The molecule has 6 nitrogen and oxygen atoms in total. The van der Waals surface area contributed by atoms with Gasteiger partial charge in [0, 0.05) is 50.7 Å². The van der Waals surface area contributed by atoms with Crippen LogP contribution in [0, 0.1) is 0 Å². The molecule has 0 saturated carbocycles. The van der Waals surface area contributed by atoms with Crippen LogP contribution in [0.4, 0.5) is 0 Å². The van der Waals surface area contributed by atoms with Crippen molar-refractivity contribution in [3.63, 3.8) is 0 Å². The summed E-state index contributed by atoms with van der Waals surface area (Å²) in [6.45, 7) is 4.30. The van der Waals surface area contributed by atoms with Gasteiger partial charge in [0.15, 0.2) is 0 Å². The van der Waals surface area contributed by atoms with E-state index in [4.69, 9.17) is 16.3 Å². The Balaban J connectivity index is 1.25. The molecule has 34 heavy (non-hydrogen) atoms. The Hall–Kier alpha value is -2.93. The number of rotatable bonds is 6. The lowest BCUT2D eigenvalue weighted by molar-refractivity contribution is 0.0599. The van der Waals surface area contributed by atoms with Crippen LogP contribution in [0.25, 0.3) is 11.1 Å².